The van der Waals surface area contributed by atoms with E-state index in [4.69, 9.17) is 6.85 Å². The first-order valence-corrected chi connectivity index (χ1v) is 19.5. The lowest BCUT2D eigenvalue weighted by Crippen LogP contribution is -2.09. The maximum Gasteiger partial charge on any atom is 0.0645 e. The van der Waals surface area contributed by atoms with E-state index in [0.29, 0.717) is 11.4 Å². The Labute approximate surface area is 359 Å². The molecule has 10 aromatic rings. The van der Waals surface area contributed by atoms with Crippen molar-refractivity contribution >= 4 is 27.8 Å². The summed E-state index contributed by atoms with van der Waals surface area (Å²) in [6.07, 6.45) is 0. The van der Waals surface area contributed by atoms with Crippen LogP contribution in [-0.2, 0) is 0 Å². The highest BCUT2D eigenvalue weighted by molar-refractivity contribution is 5.97. The Kier molecular flexibility index (Phi) is 7.33. The maximum absolute atomic E-state index is 9.48. The van der Waals surface area contributed by atoms with Gasteiger partial charge >= 0.3 is 0 Å². The van der Waals surface area contributed by atoms with Crippen LogP contribution >= 0.6 is 0 Å². The molecule has 0 saturated heterocycles. The minimum atomic E-state index is -0.628. The van der Waals surface area contributed by atoms with E-state index in [1.54, 1.807) is 4.90 Å². The first-order valence-electron chi connectivity index (χ1n) is 24.0. The SMILES string of the molecule is [2H]c1c([2H])c([2H])c(-c2c([2H])c([2H])c(N(c3ccc(-c4cc(-c5ccccc5)cc(-c5ccccc5)c4)cc3)c3ccc(-c4cccc(-c5cccc6ccccc56)c4)cc3)c([2H])c2[2H])c([2H])c1[2H]. The molecule has 0 aliphatic heterocycles. The van der Waals surface area contributed by atoms with Crippen molar-refractivity contribution in [3.8, 4) is 66.8 Å². The van der Waals surface area contributed by atoms with E-state index in [-0.39, 0.29) is 11.3 Å². The first kappa shape index (κ1) is 27.0. The smallest absolute Gasteiger partial charge is 0.0645 e. The molecule has 0 N–H and O–H groups in total. The van der Waals surface area contributed by atoms with E-state index in [0.717, 1.165) is 66.4 Å². The molecular weight excluding hydrogens is 711 g/mol. The molecular formula is C58H41N. The Morgan fingerprint density at radius 3 is 1.32 bits per heavy atom. The molecule has 0 radical (unpaired) electrons. The summed E-state index contributed by atoms with van der Waals surface area (Å²) in [7, 11) is 0. The van der Waals surface area contributed by atoms with Gasteiger partial charge in [-0.05, 0) is 138 Å². The number of benzene rings is 10. The normalized spacial score (nSPS) is 13.2. The molecule has 10 aromatic carbocycles. The second-order valence-electron chi connectivity index (χ2n) is 14.3. The predicted molar refractivity (Wildman–Crippen MR) is 251 cm³/mol. The minimum Gasteiger partial charge on any atom is -0.311 e. The molecule has 0 aliphatic carbocycles. The Bertz CT molecular complexity index is 3420. The Balaban J connectivity index is 1.11. The number of fused-ring (bicyclic) bond motifs is 1. The average Bonchev–Trinajstić information content (AvgIpc) is 3.39. The third-order valence-corrected chi connectivity index (χ3v) is 10.6. The zero-order valence-electron chi connectivity index (χ0n) is 40.9. The fourth-order valence-electron chi connectivity index (χ4n) is 7.66. The van der Waals surface area contributed by atoms with Gasteiger partial charge in [-0.25, -0.2) is 0 Å². The molecule has 0 bridgehead atoms. The largest absolute Gasteiger partial charge is 0.311 e. The van der Waals surface area contributed by atoms with Gasteiger partial charge in [-0.3, -0.25) is 0 Å². The van der Waals surface area contributed by atoms with Crippen molar-refractivity contribution in [1.29, 1.82) is 0 Å². The highest BCUT2D eigenvalue weighted by Crippen LogP contribution is 2.40. The lowest BCUT2D eigenvalue weighted by Gasteiger charge is -2.26. The van der Waals surface area contributed by atoms with Crippen LogP contribution in [0.25, 0.3) is 77.5 Å². The topological polar surface area (TPSA) is 3.24 Å². The standard InChI is InChI=1S/C58H41N/c1-4-14-42(15-5-1)45-26-32-54(33-27-45)59(55-34-28-46(29-35-55)49-22-12-23-50(38-49)58-25-13-21-48-20-10-11-24-57(48)58)56-36-30-47(31-37-56)53-40-51(43-16-6-2-7-17-43)39-52(41-53)44-18-8-3-9-19-44/h1-41H/i1D,4D,5D,14D,15D,26D,27D,32D,33D. The summed E-state index contributed by atoms with van der Waals surface area (Å²) in [6, 6.07) is 60.3. The number of hydrogen-bond acceptors (Lipinski definition) is 1. The minimum absolute atomic E-state index is 0.0630. The Morgan fingerprint density at radius 1 is 0.271 bits per heavy atom. The molecule has 278 valence electrons. The molecule has 0 fully saturated rings. The summed E-state index contributed by atoms with van der Waals surface area (Å²) in [5, 5.41) is 2.31. The fraction of sp³-hybridized carbons (Fsp3) is 0. The van der Waals surface area contributed by atoms with Crippen molar-refractivity contribution in [1.82, 2.24) is 0 Å². The van der Waals surface area contributed by atoms with Crippen LogP contribution in [0.3, 0.4) is 0 Å². The van der Waals surface area contributed by atoms with Crippen molar-refractivity contribution in [2.24, 2.45) is 0 Å². The summed E-state index contributed by atoms with van der Waals surface area (Å²) in [4.78, 5) is 1.68. The maximum atomic E-state index is 9.48. The zero-order chi connectivity index (χ0) is 47.2. The van der Waals surface area contributed by atoms with Gasteiger partial charge in [0, 0.05) is 17.1 Å². The molecule has 0 spiro atoms. The van der Waals surface area contributed by atoms with Gasteiger partial charge in [0.25, 0.3) is 0 Å². The van der Waals surface area contributed by atoms with E-state index >= 15 is 0 Å². The zero-order valence-corrected chi connectivity index (χ0v) is 31.9. The van der Waals surface area contributed by atoms with Gasteiger partial charge in [-0.2, -0.15) is 0 Å². The van der Waals surface area contributed by atoms with Gasteiger partial charge < -0.3 is 4.90 Å². The summed E-state index contributed by atoms with van der Waals surface area (Å²) < 4.78 is 79.5. The van der Waals surface area contributed by atoms with Crippen LogP contribution in [0.5, 0.6) is 0 Å². The lowest BCUT2D eigenvalue weighted by atomic mass is 9.93. The average molecular weight is 761 g/mol. The van der Waals surface area contributed by atoms with Gasteiger partial charge in [0.05, 0.1) is 12.3 Å². The Morgan fingerprint density at radius 2 is 0.712 bits per heavy atom. The summed E-state index contributed by atoms with van der Waals surface area (Å²) in [6.45, 7) is 0. The third kappa shape index (κ3) is 7.46. The number of nitrogens with zero attached hydrogens (tertiary/aromatic N) is 1. The van der Waals surface area contributed by atoms with Gasteiger partial charge in [-0.1, -0.05) is 188 Å². The van der Waals surface area contributed by atoms with Crippen LogP contribution < -0.4 is 4.90 Å². The lowest BCUT2D eigenvalue weighted by molar-refractivity contribution is 1.28. The van der Waals surface area contributed by atoms with Crippen LogP contribution in [-0.4, -0.2) is 0 Å². The van der Waals surface area contributed by atoms with Crippen LogP contribution in [0, 0.1) is 0 Å². The quantitative estimate of drug-likeness (QED) is 0.142. The van der Waals surface area contributed by atoms with Gasteiger partial charge in [0.1, 0.15) is 0 Å². The van der Waals surface area contributed by atoms with Crippen molar-refractivity contribution in [2.45, 2.75) is 0 Å². The Hall–Kier alpha value is -7.74. The van der Waals surface area contributed by atoms with Gasteiger partial charge in [0.2, 0.25) is 0 Å². The molecule has 0 aliphatic rings. The fourth-order valence-corrected chi connectivity index (χ4v) is 7.66. The highest BCUT2D eigenvalue weighted by atomic mass is 15.1. The number of rotatable bonds is 9. The van der Waals surface area contributed by atoms with E-state index in [1.165, 1.54) is 0 Å². The molecule has 0 aromatic heterocycles. The summed E-state index contributed by atoms with van der Waals surface area (Å²) in [5.74, 6) is 0. The molecule has 0 unspecified atom stereocenters. The van der Waals surface area contributed by atoms with E-state index < -0.39 is 59.9 Å². The van der Waals surface area contributed by atoms with Gasteiger partial charge in [0.15, 0.2) is 0 Å². The predicted octanol–water partition coefficient (Wildman–Crippen LogP) is 16.3. The van der Waals surface area contributed by atoms with Crippen LogP contribution in [0.2, 0.25) is 0 Å². The second-order valence-corrected chi connectivity index (χ2v) is 14.3. The van der Waals surface area contributed by atoms with E-state index in [9.17, 15) is 5.48 Å². The molecule has 1 heteroatoms. The molecule has 0 saturated carbocycles. The molecule has 59 heavy (non-hydrogen) atoms. The van der Waals surface area contributed by atoms with Gasteiger partial charge in [-0.15, -0.1) is 0 Å². The van der Waals surface area contributed by atoms with Crippen LogP contribution in [0.15, 0.2) is 249 Å². The first-order chi connectivity index (χ1) is 33.0. The summed E-state index contributed by atoms with van der Waals surface area (Å²) in [5.41, 5.74) is 10.5. The van der Waals surface area contributed by atoms with Crippen molar-refractivity contribution < 1.29 is 12.3 Å². The van der Waals surface area contributed by atoms with Crippen LogP contribution in [0.4, 0.5) is 17.1 Å². The molecule has 10 rings (SSSR count). The number of hydrogen-bond donors (Lipinski definition) is 0. The van der Waals surface area contributed by atoms with Crippen molar-refractivity contribution in [3.63, 3.8) is 0 Å². The number of anilines is 3. The third-order valence-electron chi connectivity index (χ3n) is 10.6. The molecule has 0 heterocycles. The van der Waals surface area contributed by atoms with Crippen molar-refractivity contribution in [2.75, 3.05) is 4.90 Å². The van der Waals surface area contributed by atoms with E-state index in [1.807, 2.05) is 103 Å². The highest BCUT2D eigenvalue weighted by Gasteiger charge is 2.15. The molecule has 0 amide bonds. The van der Waals surface area contributed by atoms with Crippen molar-refractivity contribution in [3.05, 3.63) is 249 Å². The van der Waals surface area contributed by atoms with E-state index in [2.05, 4.69) is 91.0 Å². The second kappa shape index (κ2) is 16.0. The van der Waals surface area contributed by atoms with Crippen LogP contribution in [0.1, 0.15) is 12.3 Å². The summed E-state index contributed by atoms with van der Waals surface area (Å²) >= 11 is 0. The molecule has 0 atom stereocenters. The molecule has 1 nitrogen and oxygen atoms in total. The monoisotopic (exact) mass is 760 g/mol.